The van der Waals surface area contributed by atoms with Crippen LogP contribution in [0.25, 0.3) is 10.4 Å². The highest BCUT2D eigenvalue weighted by atomic mass is 35.5. The molecule has 2 aromatic heterocycles. The minimum Gasteiger partial charge on any atom is -0.366 e. The van der Waals surface area contributed by atoms with Gasteiger partial charge in [-0.15, -0.1) is 11.3 Å². The lowest BCUT2D eigenvalue weighted by atomic mass is 9.99. The van der Waals surface area contributed by atoms with Gasteiger partial charge < -0.3 is 15.2 Å². The van der Waals surface area contributed by atoms with Gasteiger partial charge >= 0.3 is 0 Å². The summed E-state index contributed by atoms with van der Waals surface area (Å²) in [5.41, 5.74) is 1.60. The molecule has 3 rings (SSSR count). The van der Waals surface area contributed by atoms with Crippen LogP contribution in [0.4, 0.5) is 0 Å². The van der Waals surface area contributed by atoms with E-state index in [2.05, 4.69) is 22.1 Å². The monoisotopic (exact) mass is 379 g/mol. The van der Waals surface area contributed by atoms with Crippen LogP contribution in [-0.4, -0.2) is 42.0 Å². The summed E-state index contributed by atoms with van der Waals surface area (Å²) in [4.78, 5) is 19.0. The first-order valence-electron chi connectivity index (χ1n) is 9.06. The summed E-state index contributed by atoms with van der Waals surface area (Å²) in [6, 6.07) is 3.81. The number of aromatic amines is 1. The summed E-state index contributed by atoms with van der Waals surface area (Å²) >= 11 is 7.49. The Bertz CT molecular complexity index is 688. The van der Waals surface area contributed by atoms with Gasteiger partial charge in [-0.2, -0.15) is 0 Å². The SMILES string of the molecule is CC1CCN(CCCCNC(=O)c2c[nH]cc2-c2ccc(Cl)s2)CC1. The second kappa shape index (κ2) is 8.88. The molecule has 1 fully saturated rings. The van der Waals surface area contributed by atoms with Crippen molar-refractivity contribution in [3.8, 4) is 10.4 Å². The fraction of sp³-hybridized carbons (Fsp3) is 0.526. The van der Waals surface area contributed by atoms with Gasteiger partial charge in [-0.25, -0.2) is 0 Å². The van der Waals surface area contributed by atoms with Gasteiger partial charge in [-0.1, -0.05) is 18.5 Å². The third-order valence-electron chi connectivity index (χ3n) is 4.89. The van der Waals surface area contributed by atoms with Gasteiger partial charge in [0.2, 0.25) is 0 Å². The molecular weight excluding hydrogens is 354 g/mol. The zero-order chi connectivity index (χ0) is 17.6. The highest BCUT2D eigenvalue weighted by Crippen LogP contribution is 2.33. The molecule has 1 aliphatic rings. The van der Waals surface area contributed by atoms with Gasteiger partial charge in [0.15, 0.2) is 0 Å². The predicted octanol–water partition coefficient (Wildman–Crippen LogP) is 4.64. The van der Waals surface area contributed by atoms with E-state index in [9.17, 15) is 4.79 Å². The van der Waals surface area contributed by atoms with Gasteiger partial charge in [0.25, 0.3) is 5.91 Å². The number of thiophene rings is 1. The molecule has 0 radical (unpaired) electrons. The largest absolute Gasteiger partial charge is 0.366 e. The highest BCUT2D eigenvalue weighted by Gasteiger charge is 2.16. The summed E-state index contributed by atoms with van der Waals surface area (Å²) in [6.07, 6.45) is 8.40. The number of aromatic nitrogens is 1. The molecule has 1 saturated heterocycles. The Labute approximate surface area is 158 Å². The van der Waals surface area contributed by atoms with Crippen LogP contribution in [0, 0.1) is 5.92 Å². The Morgan fingerprint density at radius 1 is 1.32 bits per heavy atom. The second-order valence-electron chi connectivity index (χ2n) is 6.87. The van der Waals surface area contributed by atoms with Crippen LogP contribution < -0.4 is 5.32 Å². The molecule has 136 valence electrons. The summed E-state index contributed by atoms with van der Waals surface area (Å²) in [6.45, 7) is 6.66. The van der Waals surface area contributed by atoms with Crippen molar-refractivity contribution < 1.29 is 4.79 Å². The van der Waals surface area contributed by atoms with Crippen LogP contribution >= 0.6 is 22.9 Å². The number of hydrogen-bond donors (Lipinski definition) is 2. The third-order valence-corrected chi connectivity index (χ3v) is 6.16. The predicted molar refractivity (Wildman–Crippen MR) is 106 cm³/mol. The normalized spacial score (nSPS) is 16.2. The molecule has 2 N–H and O–H groups in total. The number of likely N-dealkylation sites (tertiary alicyclic amines) is 1. The van der Waals surface area contributed by atoms with Crippen LogP contribution in [0.15, 0.2) is 24.5 Å². The quantitative estimate of drug-likeness (QED) is 0.688. The molecule has 0 aromatic carbocycles. The highest BCUT2D eigenvalue weighted by molar-refractivity contribution is 7.19. The Balaban J connectivity index is 1.41. The Morgan fingerprint density at radius 2 is 2.12 bits per heavy atom. The zero-order valence-corrected chi connectivity index (χ0v) is 16.3. The van der Waals surface area contributed by atoms with Gasteiger partial charge in [0.1, 0.15) is 0 Å². The maximum Gasteiger partial charge on any atom is 0.253 e. The third kappa shape index (κ3) is 5.09. The molecule has 6 heteroatoms. The van der Waals surface area contributed by atoms with E-state index in [1.807, 2.05) is 18.3 Å². The topological polar surface area (TPSA) is 48.1 Å². The smallest absolute Gasteiger partial charge is 0.253 e. The molecular formula is C19H26ClN3OS. The second-order valence-corrected chi connectivity index (χ2v) is 8.59. The van der Waals surface area contributed by atoms with Gasteiger partial charge in [-0.05, 0) is 63.4 Å². The summed E-state index contributed by atoms with van der Waals surface area (Å²) in [5.74, 6) is 0.858. The van der Waals surface area contributed by atoms with Crippen molar-refractivity contribution in [2.24, 2.45) is 5.92 Å². The van der Waals surface area contributed by atoms with E-state index in [1.165, 1.54) is 37.3 Å². The Kier molecular flexibility index (Phi) is 6.57. The van der Waals surface area contributed by atoms with E-state index >= 15 is 0 Å². The van der Waals surface area contributed by atoms with Crippen molar-refractivity contribution >= 4 is 28.8 Å². The molecule has 0 bridgehead atoms. The zero-order valence-electron chi connectivity index (χ0n) is 14.7. The van der Waals surface area contributed by atoms with Crippen LogP contribution in [0.1, 0.15) is 43.0 Å². The first-order valence-corrected chi connectivity index (χ1v) is 10.3. The lowest BCUT2D eigenvalue weighted by Crippen LogP contribution is -2.34. The minimum absolute atomic E-state index is 0.0208. The molecule has 25 heavy (non-hydrogen) atoms. The molecule has 4 nitrogen and oxygen atoms in total. The van der Waals surface area contributed by atoms with E-state index in [0.29, 0.717) is 5.56 Å². The molecule has 0 atom stereocenters. The minimum atomic E-state index is -0.0208. The van der Waals surface area contributed by atoms with Crippen LogP contribution in [0.3, 0.4) is 0 Å². The number of amides is 1. The number of halogens is 1. The average Bonchev–Trinajstić information content (AvgIpc) is 3.24. The maximum atomic E-state index is 12.4. The lowest BCUT2D eigenvalue weighted by molar-refractivity contribution is 0.0953. The van der Waals surface area contributed by atoms with Crippen molar-refractivity contribution in [1.82, 2.24) is 15.2 Å². The molecule has 3 heterocycles. The Hall–Kier alpha value is -1.30. The van der Waals surface area contributed by atoms with E-state index < -0.39 is 0 Å². The molecule has 0 aliphatic carbocycles. The fourth-order valence-corrected chi connectivity index (χ4v) is 4.33. The van der Waals surface area contributed by atoms with Gasteiger partial charge in [0.05, 0.1) is 9.90 Å². The van der Waals surface area contributed by atoms with Crippen LogP contribution in [0.5, 0.6) is 0 Å². The van der Waals surface area contributed by atoms with Gasteiger partial charge in [0, 0.05) is 29.4 Å². The average molecular weight is 380 g/mol. The summed E-state index contributed by atoms with van der Waals surface area (Å²) in [5, 5.41) is 3.04. The molecule has 0 spiro atoms. The fourth-order valence-electron chi connectivity index (χ4n) is 3.26. The number of carbonyl (C=O) groups is 1. The molecule has 2 aromatic rings. The Morgan fingerprint density at radius 3 is 2.84 bits per heavy atom. The van der Waals surface area contributed by atoms with E-state index in [0.717, 1.165) is 46.6 Å². The molecule has 0 unspecified atom stereocenters. The lowest BCUT2D eigenvalue weighted by Gasteiger charge is -2.30. The first kappa shape index (κ1) is 18.5. The van der Waals surface area contributed by atoms with Gasteiger partial charge in [-0.3, -0.25) is 4.79 Å². The van der Waals surface area contributed by atoms with E-state index in [1.54, 1.807) is 6.20 Å². The maximum absolute atomic E-state index is 12.4. The number of hydrogen-bond acceptors (Lipinski definition) is 3. The number of rotatable bonds is 7. The number of unbranched alkanes of at least 4 members (excludes halogenated alkanes) is 1. The molecule has 0 saturated carbocycles. The number of carbonyl (C=O) groups excluding carboxylic acids is 1. The number of H-pyrrole nitrogens is 1. The molecule has 1 aliphatic heterocycles. The first-order chi connectivity index (χ1) is 12.1. The van der Waals surface area contributed by atoms with Crippen LogP contribution in [-0.2, 0) is 0 Å². The summed E-state index contributed by atoms with van der Waals surface area (Å²) < 4.78 is 0.731. The van der Waals surface area contributed by atoms with E-state index in [-0.39, 0.29) is 5.91 Å². The van der Waals surface area contributed by atoms with Crippen LogP contribution in [0.2, 0.25) is 4.34 Å². The number of nitrogens with one attached hydrogen (secondary N) is 2. The van der Waals surface area contributed by atoms with Crippen molar-refractivity contribution in [2.45, 2.75) is 32.6 Å². The van der Waals surface area contributed by atoms with Crippen molar-refractivity contribution in [3.05, 3.63) is 34.4 Å². The van der Waals surface area contributed by atoms with Crippen molar-refractivity contribution in [1.29, 1.82) is 0 Å². The number of piperidine rings is 1. The number of nitrogens with zero attached hydrogens (tertiary/aromatic N) is 1. The molecule has 1 amide bonds. The van der Waals surface area contributed by atoms with E-state index in [4.69, 9.17) is 11.6 Å². The van der Waals surface area contributed by atoms with Crippen molar-refractivity contribution in [2.75, 3.05) is 26.2 Å². The summed E-state index contributed by atoms with van der Waals surface area (Å²) in [7, 11) is 0. The standard InChI is InChI=1S/C19H26ClN3OS/c1-14-6-10-23(11-7-14)9-3-2-8-22-19(24)16-13-21-12-15(16)17-4-5-18(20)25-17/h4-5,12-14,21H,2-3,6-11H2,1H3,(H,22,24). The van der Waals surface area contributed by atoms with Crippen molar-refractivity contribution in [3.63, 3.8) is 0 Å².